The predicted molar refractivity (Wildman–Crippen MR) is 118 cm³/mol. The molecule has 3 aliphatic rings. The molecule has 0 bridgehead atoms. The third-order valence-electron chi connectivity index (χ3n) is 7.12. The van der Waals surface area contributed by atoms with Crippen molar-refractivity contribution in [3.63, 3.8) is 0 Å². The molecule has 3 fully saturated rings. The molecule has 2 aromatic rings. The number of hydrogen-bond acceptors (Lipinski definition) is 7. The van der Waals surface area contributed by atoms with E-state index in [4.69, 9.17) is 9.72 Å². The van der Waals surface area contributed by atoms with Gasteiger partial charge < -0.3 is 15.0 Å². The summed E-state index contributed by atoms with van der Waals surface area (Å²) in [5.41, 5.74) is 0.376. The number of esters is 1. The molecule has 2 aromatic heterocycles. The monoisotopic (exact) mass is 435 g/mol. The number of hydrogen-bond donors (Lipinski definition) is 1. The van der Waals surface area contributed by atoms with Crippen LogP contribution < -0.4 is 5.32 Å². The van der Waals surface area contributed by atoms with Gasteiger partial charge in [-0.3, -0.25) is 14.6 Å². The Balaban J connectivity index is 1.22. The molecule has 1 aliphatic carbocycles. The highest BCUT2D eigenvalue weighted by Gasteiger charge is 2.53. The fourth-order valence-corrected chi connectivity index (χ4v) is 5.43. The number of ether oxygens (including phenoxy) is 1. The van der Waals surface area contributed by atoms with Crippen LogP contribution in [-0.4, -0.2) is 50.4 Å². The summed E-state index contributed by atoms with van der Waals surface area (Å²) in [5, 5.41) is 3.19. The molecule has 5 rings (SSSR count). The quantitative estimate of drug-likeness (QED) is 0.733. The highest BCUT2D eigenvalue weighted by Crippen LogP contribution is 2.45. The molecule has 2 aliphatic heterocycles. The van der Waals surface area contributed by atoms with E-state index in [0.29, 0.717) is 18.9 Å². The lowest BCUT2D eigenvalue weighted by Crippen LogP contribution is -2.49. The van der Waals surface area contributed by atoms with Crippen molar-refractivity contribution in [3.8, 4) is 0 Å². The van der Waals surface area contributed by atoms with Gasteiger partial charge in [0.15, 0.2) is 0 Å². The van der Waals surface area contributed by atoms with E-state index in [9.17, 15) is 9.59 Å². The number of aromatic nitrogens is 3. The maximum absolute atomic E-state index is 13.4. The topological polar surface area (TPSA) is 97.3 Å². The van der Waals surface area contributed by atoms with E-state index in [1.807, 2.05) is 29.3 Å². The zero-order chi connectivity index (χ0) is 22.0. The molecular formula is C24H29N5O3. The van der Waals surface area contributed by atoms with Gasteiger partial charge in [-0.05, 0) is 50.7 Å². The van der Waals surface area contributed by atoms with Crippen molar-refractivity contribution in [2.45, 2.75) is 62.9 Å². The maximum atomic E-state index is 13.4. The van der Waals surface area contributed by atoms with Crippen molar-refractivity contribution in [3.05, 3.63) is 42.5 Å². The minimum Gasteiger partial charge on any atom is -0.458 e. The molecule has 168 valence electrons. The van der Waals surface area contributed by atoms with Crippen LogP contribution in [0.5, 0.6) is 0 Å². The van der Waals surface area contributed by atoms with Crippen LogP contribution in [-0.2, 0) is 14.3 Å². The third-order valence-corrected chi connectivity index (χ3v) is 7.12. The smallest absolute Gasteiger partial charge is 0.307 e. The van der Waals surface area contributed by atoms with Gasteiger partial charge >= 0.3 is 5.97 Å². The fourth-order valence-electron chi connectivity index (χ4n) is 5.43. The summed E-state index contributed by atoms with van der Waals surface area (Å²) in [6.07, 6.45) is 12.0. The second-order valence-electron chi connectivity index (χ2n) is 9.12. The third kappa shape index (κ3) is 4.18. The van der Waals surface area contributed by atoms with Crippen LogP contribution in [0.15, 0.2) is 36.8 Å². The molecular weight excluding hydrogens is 406 g/mol. The summed E-state index contributed by atoms with van der Waals surface area (Å²) in [6, 6.07) is 5.67. The fraction of sp³-hybridized carbons (Fsp3) is 0.542. The van der Waals surface area contributed by atoms with Crippen molar-refractivity contribution in [1.29, 1.82) is 0 Å². The van der Waals surface area contributed by atoms with E-state index in [0.717, 1.165) is 56.5 Å². The lowest BCUT2D eigenvalue weighted by molar-refractivity contribution is -0.156. The molecule has 32 heavy (non-hydrogen) atoms. The normalized spacial score (nSPS) is 23.2. The Hall–Kier alpha value is -3.03. The standard InChI is InChI=1S/C24H29N5O3/c30-22-14-18(24(32-22)9-3-1-4-10-24)23(31)29-12-7-17(8-13-29)19-15-25-16-21(27-19)28-20-6-2-5-11-26-20/h2,5-6,11,15-18H,1,3-4,7-10,12-14H2,(H,26,27,28). The predicted octanol–water partition coefficient (Wildman–Crippen LogP) is 3.59. The van der Waals surface area contributed by atoms with Crippen molar-refractivity contribution in [1.82, 2.24) is 19.9 Å². The number of anilines is 2. The lowest BCUT2D eigenvalue weighted by Gasteiger charge is -2.39. The van der Waals surface area contributed by atoms with Crippen LogP contribution >= 0.6 is 0 Å². The largest absolute Gasteiger partial charge is 0.458 e. The van der Waals surface area contributed by atoms with E-state index in [1.54, 1.807) is 12.4 Å². The van der Waals surface area contributed by atoms with Crippen LogP contribution in [0.1, 0.15) is 63.0 Å². The maximum Gasteiger partial charge on any atom is 0.307 e. The van der Waals surface area contributed by atoms with Gasteiger partial charge in [0.1, 0.15) is 17.2 Å². The summed E-state index contributed by atoms with van der Waals surface area (Å²) in [5.74, 6) is 1.20. The SMILES string of the molecule is O=C1CC(C(=O)N2CCC(c3cncc(Nc4ccccn4)n3)CC2)C2(CCCCC2)O1. The molecule has 1 amide bonds. The first kappa shape index (κ1) is 20.8. The number of amides is 1. The minimum atomic E-state index is -0.555. The zero-order valence-electron chi connectivity index (χ0n) is 18.2. The van der Waals surface area contributed by atoms with Crippen LogP contribution in [0.4, 0.5) is 11.6 Å². The number of nitrogens with zero attached hydrogens (tertiary/aromatic N) is 4. The van der Waals surface area contributed by atoms with Gasteiger partial charge in [0.05, 0.1) is 24.2 Å². The van der Waals surface area contributed by atoms with Gasteiger partial charge in [-0.15, -0.1) is 0 Å². The average molecular weight is 436 g/mol. The van der Waals surface area contributed by atoms with E-state index < -0.39 is 5.60 Å². The molecule has 8 nitrogen and oxygen atoms in total. The molecule has 1 saturated carbocycles. The van der Waals surface area contributed by atoms with Gasteiger partial charge in [0.25, 0.3) is 0 Å². The Morgan fingerprint density at radius 1 is 1.09 bits per heavy atom. The second-order valence-corrected chi connectivity index (χ2v) is 9.12. The Morgan fingerprint density at radius 2 is 1.91 bits per heavy atom. The molecule has 1 spiro atoms. The molecule has 1 unspecified atom stereocenters. The van der Waals surface area contributed by atoms with Gasteiger partial charge in [-0.2, -0.15) is 0 Å². The minimum absolute atomic E-state index is 0.0906. The number of nitrogens with one attached hydrogen (secondary N) is 1. The summed E-state index contributed by atoms with van der Waals surface area (Å²) in [4.78, 5) is 40.8. The number of likely N-dealkylation sites (tertiary alicyclic amines) is 1. The Labute approximate surface area is 187 Å². The van der Waals surface area contributed by atoms with E-state index in [1.165, 1.54) is 0 Å². The number of piperidine rings is 1. The summed E-state index contributed by atoms with van der Waals surface area (Å²) in [7, 11) is 0. The van der Waals surface area contributed by atoms with Crippen LogP contribution in [0, 0.1) is 5.92 Å². The number of carbonyl (C=O) groups excluding carboxylic acids is 2. The first-order valence-electron chi connectivity index (χ1n) is 11.6. The highest BCUT2D eigenvalue weighted by molar-refractivity contribution is 5.88. The molecule has 1 atom stereocenters. The molecule has 8 heteroatoms. The molecule has 0 radical (unpaired) electrons. The Morgan fingerprint density at radius 3 is 2.66 bits per heavy atom. The average Bonchev–Trinajstić information content (AvgIpc) is 3.15. The number of pyridine rings is 1. The van der Waals surface area contributed by atoms with E-state index >= 15 is 0 Å². The van der Waals surface area contributed by atoms with E-state index in [-0.39, 0.29) is 30.1 Å². The number of carbonyl (C=O) groups is 2. The number of rotatable bonds is 4. The van der Waals surface area contributed by atoms with Gasteiger partial charge in [0, 0.05) is 31.4 Å². The first-order valence-corrected chi connectivity index (χ1v) is 11.6. The molecule has 0 aromatic carbocycles. The summed E-state index contributed by atoms with van der Waals surface area (Å²) >= 11 is 0. The second kappa shape index (κ2) is 8.84. The van der Waals surface area contributed by atoms with Crippen LogP contribution in [0.25, 0.3) is 0 Å². The van der Waals surface area contributed by atoms with Gasteiger partial charge in [-0.1, -0.05) is 12.5 Å². The van der Waals surface area contributed by atoms with Gasteiger partial charge in [0.2, 0.25) is 5.91 Å². The van der Waals surface area contributed by atoms with Crippen molar-refractivity contribution >= 4 is 23.5 Å². The van der Waals surface area contributed by atoms with E-state index in [2.05, 4.69) is 15.3 Å². The Kier molecular flexibility index (Phi) is 5.76. The summed E-state index contributed by atoms with van der Waals surface area (Å²) < 4.78 is 5.75. The molecule has 1 N–H and O–H groups in total. The molecule has 4 heterocycles. The molecule has 2 saturated heterocycles. The van der Waals surface area contributed by atoms with Crippen molar-refractivity contribution in [2.75, 3.05) is 18.4 Å². The van der Waals surface area contributed by atoms with Crippen molar-refractivity contribution in [2.24, 2.45) is 5.92 Å². The van der Waals surface area contributed by atoms with Crippen molar-refractivity contribution < 1.29 is 14.3 Å². The Bertz CT molecular complexity index is 969. The van der Waals surface area contributed by atoms with Gasteiger partial charge in [-0.25, -0.2) is 9.97 Å². The highest BCUT2D eigenvalue weighted by atomic mass is 16.6. The zero-order valence-corrected chi connectivity index (χ0v) is 18.2. The van der Waals surface area contributed by atoms with Crippen LogP contribution in [0.3, 0.4) is 0 Å². The first-order chi connectivity index (χ1) is 15.6. The van der Waals surface area contributed by atoms with Crippen LogP contribution in [0.2, 0.25) is 0 Å². The lowest BCUT2D eigenvalue weighted by atomic mass is 9.75. The summed E-state index contributed by atoms with van der Waals surface area (Å²) in [6.45, 7) is 1.34.